The monoisotopic (exact) mass is 392 g/mol. The summed E-state index contributed by atoms with van der Waals surface area (Å²) in [5.41, 5.74) is 8.39. The maximum absolute atomic E-state index is 13.9. The number of benzene rings is 1. The van der Waals surface area contributed by atoms with E-state index in [1.54, 1.807) is 14.0 Å². The third-order valence-electron chi connectivity index (χ3n) is 4.88. The summed E-state index contributed by atoms with van der Waals surface area (Å²) in [4.78, 5) is 21.5. The minimum atomic E-state index is -0.695. The number of ether oxygens (including phenoxy) is 1. The highest BCUT2D eigenvalue weighted by molar-refractivity contribution is 5.97. The molecule has 29 heavy (non-hydrogen) atoms. The lowest BCUT2D eigenvalue weighted by molar-refractivity contribution is 0.0977. The summed E-state index contributed by atoms with van der Waals surface area (Å²) in [6.07, 6.45) is 1.17. The third-order valence-corrected chi connectivity index (χ3v) is 4.88. The Hall–Kier alpha value is -3.80. The van der Waals surface area contributed by atoms with E-state index in [4.69, 9.17) is 10.5 Å². The first-order valence-electron chi connectivity index (χ1n) is 8.97. The second-order valence-electron chi connectivity index (χ2n) is 6.77. The van der Waals surface area contributed by atoms with Crippen LogP contribution >= 0.6 is 0 Å². The number of aromatic nitrogens is 4. The van der Waals surface area contributed by atoms with Crippen LogP contribution < -0.4 is 10.5 Å². The number of carbonyl (C=O) groups excluding carboxylic acids is 1. The summed E-state index contributed by atoms with van der Waals surface area (Å²) in [5.74, 6) is -0.561. The molecule has 146 valence electrons. The number of nitriles is 1. The van der Waals surface area contributed by atoms with E-state index in [1.807, 2.05) is 0 Å². The van der Waals surface area contributed by atoms with Crippen molar-refractivity contribution in [2.75, 3.05) is 5.73 Å². The van der Waals surface area contributed by atoms with E-state index < -0.39 is 11.9 Å². The van der Waals surface area contributed by atoms with Crippen molar-refractivity contribution in [2.45, 2.75) is 25.9 Å². The van der Waals surface area contributed by atoms with Crippen LogP contribution in [0.25, 0.3) is 11.3 Å². The average Bonchev–Trinajstić information content (AvgIpc) is 3.02. The number of halogens is 1. The maximum atomic E-state index is 13.9. The molecule has 0 amide bonds. The number of fused-ring (bicyclic) bond motifs is 5. The summed E-state index contributed by atoms with van der Waals surface area (Å²) >= 11 is 0. The standard InChI is InChI=1S/C20H17FN6O2/c1-10-13-7-11(21)3-4-12(13)17(28)6-5-14-18(16(8-22)27(2)26-14)15-9-24-19(23)20(25-15)29-10/h3-4,7,9-10H,5-6H2,1-2H3,(H2,23,24)/t10-/m1/s1. The molecular formula is C20H17FN6O2. The lowest BCUT2D eigenvalue weighted by Gasteiger charge is -2.19. The second kappa shape index (κ2) is 6.98. The molecule has 8 nitrogen and oxygen atoms in total. The molecule has 0 unspecified atom stereocenters. The zero-order valence-corrected chi connectivity index (χ0v) is 15.8. The van der Waals surface area contributed by atoms with Crippen molar-refractivity contribution in [1.29, 1.82) is 5.26 Å². The van der Waals surface area contributed by atoms with Gasteiger partial charge >= 0.3 is 0 Å². The average molecular weight is 392 g/mol. The number of ketones is 1. The van der Waals surface area contributed by atoms with Gasteiger partial charge in [-0.3, -0.25) is 9.48 Å². The Labute approximate surface area is 165 Å². The lowest BCUT2D eigenvalue weighted by Crippen LogP contribution is -2.14. The number of aryl methyl sites for hydroxylation is 2. The highest BCUT2D eigenvalue weighted by Crippen LogP contribution is 2.33. The predicted molar refractivity (Wildman–Crippen MR) is 101 cm³/mol. The van der Waals surface area contributed by atoms with Gasteiger partial charge in [-0.15, -0.1) is 0 Å². The molecular weight excluding hydrogens is 375 g/mol. The Morgan fingerprint density at radius 2 is 2.17 bits per heavy atom. The van der Waals surface area contributed by atoms with Gasteiger partial charge in [0.2, 0.25) is 0 Å². The normalized spacial score (nSPS) is 15.9. The number of nitrogens with zero attached hydrogens (tertiary/aromatic N) is 5. The third kappa shape index (κ3) is 3.18. The van der Waals surface area contributed by atoms with Gasteiger partial charge in [0.1, 0.15) is 23.7 Å². The first-order valence-corrected chi connectivity index (χ1v) is 8.97. The molecule has 0 fully saturated rings. The predicted octanol–water partition coefficient (Wildman–Crippen LogP) is 2.74. The molecule has 0 aliphatic carbocycles. The fourth-order valence-electron chi connectivity index (χ4n) is 3.46. The van der Waals surface area contributed by atoms with Crippen LogP contribution in [0.5, 0.6) is 5.88 Å². The van der Waals surface area contributed by atoms with Crippen LogP contribution in [0.3, 0.4) is 0 Å². The second-order valence-corrected chi connectivity index (χ2v) is 6.77. The minimum Gasteiger partial charge on any atom is -0.467 e. The highest BCUT2D eigenvalue weighted by Gasteiger charge is 2.25. The summed E-state index contributed by atoms with van der Waals surface area (Å²) in [7, 11) is 1.65. The number of rotatable bonds is 0. The van der Waals surface area contributed by atoms with E-state index in [9.17, 15) is 14.4 Å². The number of anilines is 1. The number of nitrogen functional groups attached to an aromatic ring is 1. The molecule has 0 spiro atoms. The molecule has 0 saturated heterocycles. The summed E-state index contributed by atoms with van der Waals surface area (Å²) in [6, 6.07) is 6.08. The van der Waals surface area contributed by atoms with Gasteiger partial charge in [0.15, 0.2) is 11.6 Å². The Morgan fingerprint density at radius 3 is 2.93 bits per heavy atom. The topological polar surface area (TPSA) is 120 Å². The van der Waals surface area contributed by atoms with Gasteiger partial charge in [-0.05, 0) is 31.5 Å². The van der Waals surface area contributed by atoms with Crippen LogP contribution in [-0.2, 0) is 13.5 Å². The molecule has 3 aromatic rings. The summed E-state index contributed by atoms with van der Waals surface area (Å²) < 4.78 is 21.2. The van der Waals surface area contributed by atoms with Crippen molar-refractivity contribution >= 4 is 11.6 Å². The summed E-state index contributed by atoms with van der Waals surface area (Å²) in [6.45, 7) is 1.68. The van der Waals surface area contributed by atoms with Crippen LogP contribution in [0.15, 0.2) is 24.4 Å². The van der Waals surface area contributed by atoms with E-state index in [0.29, 0.717) is 33.8 Å². The van der Waals surface area contributed by atoms with Crippen molar-refractivity contribution in [1.82, 2.24) is 19.7 Å². The first-order chi connectivity index (χ1) is 13.9. The van der Waals surface area contributed by atoms with Crippen molar-refractivity contribution in [3.05, 3.63) is 52.7 Å². The lowest BCUT2D eigenvalue weighted by atomic mass is 9.95. The highest BCUT2D eigenvalue weighted by atomic mass is 19.1. The number of hydrogen-bond acceptors (Lipinski definition) is 7. The SMILES string of the molecule is C[C@H]1Oc2nc(cnc2N)-c2c(nn(C)c2C#N)CCC(=O)c2ccc(F)cc21. The van der Waals surface area contributed by atoms with Gasteiger partial charge < -0.3 is 10.5 Å². The largest absolute Gasteiger partial charge is 0.467 e. The fourth-order valence-corrected chi connectivity index (χ4v) is 3.46. The van der Waals surface area contributed by atoms with Gasteiger partial charge in [0.05, 0.1) is 23.1 Å². The summed E-state index contributed by atoms with van der Waals surface area (Å²) in [5, 5.41) is 14.0. The molecule has 2 aromatic heterocycles. The smallest absolute Gasteiger partial charge is 0.258 e. The van der Waals surface area contributed by atoms with Gasteiger partial charge in [-0.25, -0.2) is 14.4 Å². The maximum Gasteiger partial charge on any atom is 0.258 e. The van der Waals surface area contributed by atoms with Crippen molar-refractivity contribution in [2.24, 2.45) is 7.05 Å². The van der Waals surface area contributed by atoms with Gasteiger partial charge in [0, 0.05) is 24.6 Å². The molecule has 3 heterocycles. The molecule has 1 aliphatic rings. The molecule has 2 bridgehead atoms. The molecule has 1 atom stereocenters. The number of nitrogens with two attached hydrogens (primary N) is 1. The van der Waals surface area contributed by atoms with Crippen LogP contribution in [0.2, 0.25) is 0 Å². The zero-order chi connectivity index (χ0) is 20.7. The van der Waals surface area contributed by atoms with E-state index in [0.717, 1.165) is 0 Å². The first kappa shape index (κ1) is 18.6. The van der Waals surface area contributed by atoms with E-state index >= 15 is 0 Å². The Kier molecular flexibility index (Phi) is 4.47. The van der Waals surface area contributed by atoms with Gasteiger partial charge in [-0.2, -0.15) is 10.4 Å². The van der Waals surface area contributed by atoms with Crippen LogP contribution in [-0.4, -0.2) is 25.5 Å². The number of carbonyl (C=O) groups is 1. The number of hydrogen-bond donors (Lipinski definition) is 1. The van der Waals surface area contributed by atoms with Crippen LogP contribution in [0.4, 0.5) is 10.2 Å². The molecule has 4 rings (SSSR count). The van der Waals surface area contributed by atoms with E-state index in [1.165, 1.54) is 29.1 Å². The molecule has 1 aromatic carbocycles. The van der Waals surface area contributed by atoms with E-state index in [-0.39, 0.29) is 30.3 Å². The van der Waals surface area contributed by atoms with E-state index in [2.05, 4.69) is 21.1 Å². The van der Waals surface area contributed by atoms with Crippen LogP contribution in [0.1, 0.15) is 46.8 Å². The molecule has 0 radical (unpaired) electrons. The Balaban J connectivity index is 1.94. The molecule has 2 N–H and O–H groups in total. The van der Waals surface area contributed by atoms with Crippen molar-refractivity contribution in [3.63, 3.8) is 0 Å². The van der Waals surface area contributed by atoms with Gasteiger partial charge in [-0.1, -0.05) is 0 Å². The molecule has 1 aliphatic heterocycles. The zero-order valence-electron chi connectivity index (χ0n) is 15.8. The number of Topliss-reactive ketones (excluding diaryl/α,β-unsaturated/α-hetero) is 1. The fraction of sp³-hybridized carbons (Fsp3) is 0.250. The molecule has 9 heteroatoms. The van der Waals surface area contributed by atoms with Crippen LogP contribution in [0, 0.1) is 17.1 Å². The Morgan fingerprint density at radius 1 is 1.38 bits per heavy atom. The van der Waals surface area contributed by atoms with Gasteiger partial charge in [0.25, 0.3) is 5.88 Å². The van der Waals surface area contributed by atoms with Crippen molar-refractivity contribution in [3.8, 4) is 23.2 Å². The van der Waals surface area contributed by atoms with Crippen molar-refractivity contribution < 1.29 is 13.9 Å². The molecule has 0 saturated carbocycles. The minimum absolute atomic E-state index is 0.0388. The Bertz CT molecular complexity index is 1180. The quantitative estimate of drug-likeness (QED) is 0.624.